The van der Waals surface area contributed by atoms with Gasteiger partial charge in [0.05, 0.1) is 5.25 Å². The van der Waals surface area contributed by atoms with E-state index in [1.165, 1.54) is 4.90 Å². The number of carbonyl (C=O) groups excluding carboxylic acids is 1. The van der Waals surface area contributed by atoms with Crippen molar-refractivity contribution in [2.75, 3.05) is 12.8 Å². The Bertz CT molecular complexity index is 343. The largest absolute Gasteiger partial charge is 0.354 e. The molecule has 0 aliphatic rings. The Hall–Kier alpha value is -0.610. The summed E-state index contributed by atoms with van der Waals surface area (Å²) in [6.07, 6.45) is 1.95. The van der Waals surface area contributed by atoms with E-state index in [2.05, 4.69) is 24.4 Å². The maximum Gasteiger partial charge on any atom is 0.232 e. The highest BCUT2D eigenvalue weighted by molar-refractivity contribution is 8.00. The average molecular weight is 269 g/mol. The van der Waals surface area contributed by atoms with Gasteiger partial charge < -0.3 is 5.32 Å². The standard InChI is InChI=1S/C13H19NOS2/c1-10(9-14-13(15)11(2)16-3)17-12-7-5-4-6-8-12/h4-8,10-11H,9H2,1-3H3,(H,14,15)/t10-,11-/m0/s1. The fourth-order valence-corrected chi connectivity index (χ4v) is 2.51. The van der Waals surface area contributed by atoms with Gasteiger partial charge in [-0.15, -0.1) is 11.8 Å². The van der Waals surface area contributed by atoms with E-state index in [0.717, 1.165) is 0 Å². The van der Waals surface area contributed by atoms with Crippen LogP contribution in [-0.4, -0.2) is 29.2 Å². The molecule has 4 heteroatoms. The summed E-state index contributed by atoms with van der Waals surface area (Å²) in [5, 5.41) is 3.39. The molecule has 1 aromatic rings. The van der Waals surface area contributed by atoms with Gasteiger partial charge in [-0.3, -0.25) is 4.79 Å². The lowest BCUT2D eigenvalue weighted by molar-refractivity contribution is -0.120. The monoisotopic (exact) mass is 269 g/mol. The molecule has 0 aliphatic carbocycles. The van der Waals surface area contributed by atoms with Crippen LogP contribution in [-0.2, 0) is 4.79 Å². The molecule has 1 rings (SSSR count). The molecule has 0 heterocycles. The third kappa shape index (κ3) is 5.50. The van der Waals surface area contributed by atoms with Gasteiger partial charge in [0.25, 0.3) is 0 Å². The zero-order valence-corrected chi connectivity index (χ0v) is 12.1. The van der Waals surface area contributed by atoms with Crippen LogP contribution in [0.2, 0.25) is 0 Å². The highest BCUT2D eigenvalue weighted by Gasteiger charge is 2.12. The molecular weight excluding hydrogens is 250 g/mol. The van der Waals surface area contributed by atoms with E-state index in [0.29, 0.717) is 11.8 Å². The quantitative estimate of drug-likeness (QED) is 0.805. The Balaban J connectivity index is 2.31. The maximum atomic E-state index is 11.6. The molecular formula is C13H19NOS2. The van der Waals surface area contributed by atoms with Crippen molar-refractivity contribution in [3.8, 4) is 0 Å². The molecule has 0 radical (unpaired) electrons. The molecule has 0 bridgehead atoms. The number of rotatable bonds is 6. The first-order valence-corrected chi connectivity index (χ1v) is 7.82. The van der Waals surface area contributed by atoms with Gasteiger partial charge in [0.1, 0.15) is 0 Å². The first kappa shape index (κ1) is 14.5. The third-order valence-electron chi connectivity index (χ3n) is 2.37. The summed E-state index contributed by atoms with van der Waals surface area (Å²) in [6, 6.07) is 10.3. The maximum absolute atomic E-state index is 11.6. The second-order valence-electron chi connectivity index (χ2n) is 3.86. The average Bonchev–Trinajstić information content (AvgIpc) is 2.36. The number of nitrogens with one attached hydrogen (secondary N) is 1. The van der Waals surface area contributed by atoms with E-state index in [9.17, 15) is 4.79 Å². The van der Waals surface area contributed by atoms with E-state index in [4.69, 9.17) is 0 Å². The van der Waals surface area contributed by atoms with Crippen LogP contribution in [0, 0.1) is 0 Å². The molecule has 94 valence electrons. The van der Waals surface area contributed by atoms with Crippen molar-refractivity contribution in [2.45, 2.75) is 29.2 Å². The molecule has 0 aromatic heterocycles. The Morgan fingerprint density at radius 2 is 1.94 bits per heavy atom. The summed E-state index contributed by atoms with van der Waals surface area (Å²) >= 11 is 3.35. The minimum atomic E-state index is 0.0314. The smallest absolute Gasteiger partial charge is 0.232 e. The molecule has 17 heavy (non-hydrogen) atoms. The van der Waals surface area contributed by atoms with Crippen molar-refractivity contribution in [3.05, 3.63) is 30.3 Å². The van der Waals surface area contributed by atoms with Crippen molar-refractivity contribution in [1.29, 1.82) is 0 Å². The van der Waals surface area contributed by atoms with Gasteiger partial charge in [-0.25, -0.2) is 0 Å². The Morgan fingerprint density at radius 1 is 1.29 bits per heavy atom. The van der Waals surface area contributed by atoms with Crippen LogP contribution in [0.5, 0.6) is 0 Å². The Morgan fingerprint density at radius 3 is 2.53 bits per heavy atom. The van der Waals surface area contributed by atoms with E-state index >= 15 is 0 Å². The summed E-state index contributed by atoms with van der Waals surface area (Å²) in [5.41, 5.74) is 0. The molecule has 0 saturated carbocycles. The number of benzene rings is 1. The normalized spacial score (nSPS) is 14.1. The second kappa shape index (κ2) is 7.67. The summed E-state index contributed by atoms with van der Waals surface area (Å²) < 4.78 is 0. The number of carbonyl (C=O) groups is 1. The van der Waals surface area contributed by atoms with E-state index < -0.39 is 0 Å². The van der Waals surface area contributed by atoms with Crippen LogP contribution < -0.4 is 5.32 Å². The van der Waals surface area contributed by atoms with Gasteiger partial charge in [-0.05, 0) is 25.3 Å². The van der Waals surface area contributed by atoms with E-state index in [-0.39, 0.29) is 11.2 Å². The molecule has 0 unspecified atom stereocenters. The van der Waals surface area contributed by atoms with Crippen molar-refractivity contribution < 1.29 is 4.79 Å². The van der Waals surface area contributed by atoms with Crippen LogP contribution in [0.4, 0.5) is 0 Å². The Kier molecular flexibility index (Phi) is 6.52. The highest BCUT2D eigenvalue weighted by atomic mass is 32.2. The predicted molar refractivity (Wildman–Crippen MR) is 77.7 cm³/mol. The number of thioether (sulfide) groups is 2. The lowest BCUT2D eigenvalue weighted by atomic mass is 10.4. The Labute approximate surface area is 112 Å². The van der Waals surface area contributed by atoms with Crippen LogP contribution in [0.3, 0.4) is 0 Å². The molecule has 1 aromatic carbocycles. The summed E-state index contributed by atoms with van der Waals surface area (Å²) in [6.45, 7) is 4.76. The SMILES string of the molecule is CS[C@@H](C)C(=O)NC[C@H](C)Sc1ccccc1. The summed E-state index contributed by atoms with van der Waals surface area (Å²) in [5.74, 6) is 0.123. The summed E-state index contributed by atoms with van der Waals surface area (Å²) in [4.78, 5) is 12.8. The first-order valence-electron chi connectivity index (χ1n) is 5.65. The lowest BCUT2D eigenvalue weighted by Gasteiger charge is -2.14. The highest BCUT2D eigenvalue weighted by Crippen LogP contribution is 2.22. The molecule has 0 aliphatic heterocycles. The van der Waals surface area contributed by atoms with Gasteiger partial charge in [0.15, 0.2) is 0 Å². The zero-order valence-electron chi connectivity index (χ0n) is 10.5. The van der Waals surface area contributed by atoms with Crippen molar-refractivity contribution in [1.82, 2.24) is 5.32 Å². The molecule has 1 amide bonds. The van der Waals surface area contributed by atoms with Gasteiger partial charge in [-0.1, -0.05) is 25.1 Å². The molecule has 2 nitrogen and oxygen atoms in total. The number of amides is 1. The molecule has 1 N–H and O–H groups in total. The van der Waals surface area contributed by atoms with Gasteiger partial charge in [-0.2, -0.15) is 11.8 Å². The predicted octanol–water partition coefficient (Wildman–Crippen LogP) is 3.03. The van der Waals surface area contributed by atoms with Gasteiger partial charge >= 0.3 is 0 Å². The van der Waals surface area contributed by atoms with E-state index in [1.807, 2.05) is 31.4 Å². The molecule has 0 spiro atoms. The molecule has 0 fully saturated rings. The number of hydrogen-bond donors (Lipinski definition) is 1. The van der Waals surface area contributed by atoms with Crippen molar-refractivity contribution in [3.63, 3.8) is 0 Å². The van der Waals surface area contributed by atoms with Gasteiger partial charge in [0, 0.05) is 16.7 Å². The van der Waals surface area contributed by atoms with Crippen LogP contribution in [0.25, 0.3) is 0 Å². The zero-order chi connectivity index (χ0) is 12.7. The minimum absolute atomic E-state index is 0.0314. The summed E-state index contributed by atoms with van der Waals surface area (Å²) in [7, 11) is 0. The first-order chi connectivity index (χ1) is 8.13. The molecule has 2 atom stereocenters. The third-order valence-corrected chi connectivity index (χ3v) is 4.40. The second-order valence-corrected chi connectivity index (χ2v) is 6.55. The fraction of sp³-hybridized carbons (Fsp3) is 0.462. The molecule has 0 saturated heterocycles. The van der Waals surface area contributed by atoms with E-state index in [1.54, 1.807) is 23.5 Å². The topological polar surface area (TPSA) is 29.1 Å². The minimum Gasteiger partial charge on any atom is -0.354 e. The lowest BCUT2D eigenvalue weighted by Crippen LogP contribution is -2.34. The van der Waals surface area contributed by atoms with Crippen LogP contribution in [0.1, 0.15) is 13.8 Å². The van der Waals surface area contributed by atoms with Crippen LogP contribution >= 0.6 is 23.5 Å². The van der Waals surface area contributed by atoms with Gasteiger partial charge in [0.2, 0.25) is 5.91 Å². The number of hydrogen-bond acceptors (Lipinski definition) is 3. The van der Waals surface area contributed by atoms with Crippen molar-refractivity contribution >= 4 is 29.4 Å². The van der Waals surface area contributed by atoms with Crippen molar-refractivity contribution in [2.24, 2.45) is 0 Å². The fourth-order valence-electron chi connectivity index (χ4n) is 1.27. The van der Waals surface area contributed by atoms with Crippen LogP contribution in [0.15, 0.2) is 35.2 Å².